The Bertz CT molecular complexity index is 910. The summed E-state index contributed by atoms with van der Waals surface area (Å²) >= 11 is 0. The Balaban J connectivity index is 1.31. The summed E-state index contributed by atoms with van der Waals surface area (Å²) in [4.78, 5) is 50.6. The van der Waals surface area contributed by atoms with E-state index < -0.39 is 42.0 Å². The predicted molar refractivity (Wildman–Crippen MR) is 108 cm³/mol. The number of esters is 1. The van der Waals surface area contributed by atoms with Gasteiger partial charge >= 0.3 is 12.0 Å². The lowest BCUT2D eigenvalue weighted by Gasteiger charge is -2.30. The van der Waals surface area contributed by atoms with Crippen molar-refractivity contribution in [1.29, 1.82) is 0 Å². The van der Waals surface area contributed by atoms with Gasteiger partial charge in [-0.05, 0) is 31.9 Å². The second-order valence-corrected chi connectivity index (χ2v) is 7.94. The van der Waals surface area contributed by atoms with E-state index in [1.807, 2.05) is 0 Å². The van der Waals surface area contributed by atoms with Crippen LogP contribution in [0.2, 0.25) is 0 Å². The summed E-state index contributed by atoms with van der Waals surface area (Å²) in [5.41, 5.74) is -0.443. The minimum atomic E-state index is -1.12. The van der Waals surface area contributed by atoms with Crippen LogP contribution in [0.5, 0.6) is 11.5 Å². The Kier molecular flexibility index (Phi) is 5.71. The number of nitrogens with zero attached hydrogens (tertiary/aromatic N) is 1. The summed E-state index contributed by atoms with van der Waals surface area (Å²) in [5, 5.41) is 5.38. The summed E-state index contributed by atoms with van der Waals surface area (Å²) < 4.78 is 16.1. The molecule has 0 radical (unpaired) electrons. The molecule has 2 fully saturated rings. The summed E-state index contributed by atoms with van der Waals surface area (Å²) in [6.45, 7) is 1.76. The van der Waals surface area contributed by atoms with Gasteiger partial charge in [-0.3, -0.25) is 19.3 Å². The molecular weight excluding hydrogens is 406 g/mol. The van der Waals surface area contributed by atoms with Crippen molar-refractivity contribution < 1.29 is 33.4 Å². The van der Waals surface area contributed by atoms with Gasteiger partial charge in [-0.25, -0.2) is 4.79 Å². The van der Waals surface area contributed by atoms with Crippen molar-refractivity contribution >= 4 is 29.5 Å². The molecule has 2 heterocycles. The lowest BCUT2D eigenvalue weighted by Crippen LogP contribution is -2.48. The van der Waals surface area contributed by atoms with E-state index in [0.29, 0.717) is 43.2 Å². The summed E-state index contributed by atoms with van der Waals surface area (Å²) in [6, 6.07) is 4.35. The first kappa shape index (κ1) is 21.0. The Morgan fingerprint density at radius 3 is 2.61 bits per heavy atom. The number of hydrogen-bond donors (Lipinski definition) is 2. The average Bonchev–Trinajstić information content (AvgIpc) is 2.97. The number of carbonyl (C=O) groups excluding carboxylic acids is 4. The molecule has 3 aliphatic rings. The first-order valence-electron chi connectivity index (χ1n) is 10.4. The number of anilines is 1. The highest BCUT2D eigenvalue weighted by Crippen LogP contribution is 2.34. The largest absolute Gasteiger partial charge is 0.486 e. The summed E-state index contributed by atoms with van der Waals surface area (Å²) in [6.07, 6.45) is 2.73. The zero-order chi connectivity index (χ0) is 22.0. The minimum absolute atomic E-state index is 0.400. The van der Waals surface area contributed by atoms with Crippen molar-refractivity contribution in [2.24, 2.45) is 0 Å². The Labute approximate surface area is 179 Å². The topological polar surface area (TPSA) is 123 Å². The lowest BCUT2D eigenvalue weighted by molar-refractivity contribution is -0.155. The maximum absolute atomic E-state index is 12.7. The van der Waals surface area contributed by atoms with E-state index in [1.54, 1.807) is 18.2 Å². The number of ether oxygens (including phenoxy) is 3. The highest BCUT2D eigenvalue weighted by atomic mass is 16.6. The number of urea groups is 1. The van der Waals surface area contributed by atoms with Gasteiger partial charge in [0, 0.05) is 11.8 Å². The molecule has 2 N–H and O–H groups in total. The summed E-state index contributed by atoms with van der Waals surface area (Å²) in [7, 11) is 0. The van der Waals surface area contributed by atoms with Crippen molar-refractivity contribution in [2.45, 2.75) is 50.7 Å². The van der Waals surface area contributed by atoms with Gasteiger partial charge in [0.15, 0.2) is 17.6 Å². The van der Waals surface area contributed by atoms with Gasteiger partial charge in [-0.2, -0.15) is 0 Å². The maximum atomic E-state index is 12.7. The molecule has 10 nitrogen and oxygen atoms in total. The van der Waals surface area contributed by atoms with Crippen LogP contribution in [0.25, 0.3) is 0 Å². The van der Waals surface area contributed by atoms with Gasteiger partial charge in [0.1, 0.15) is 25.3 Å². The molecule has 1 spiro atoms. The zero-order valence-electron chi connectivity index (χ0n) is 17.3. The first-order valence-corrected chi connectivity index (χ1v) is 10.4. The van der Waals surface area contributed by atoms with Crippen LogP contribution in [-0.4, -0.2) is 60.1 Å². The van der Waals surface area contributed by atoms with E-state index in [4.69, 9.17) is 14.2 Å². The van der Waals surface area contributed by atoms with Crippen LogP contribution in [0.3, 0.4) is 0 Å². The van der Waals surface area contributed by atoms with Crippen molar-refractivity contribution in [1.82, 2.24) is 10.2 Å². The van der Waals surface area contributed by atoms with E-state index in [-0.39, 0.29) is 0 Å². The molecule has 1 saturated carbocycles. The average molecular weight is 431 g/mol. The number of rotatable bonds is 5. The van der Waals surface area contributed by atoms with Crippen molar-refractivity contribution in [3.05, 3.63) is 18.2 Å². The molecule has 1 aromatic rings. The number of imide groups is 1. The second-order valence-electron chi connectivity index (χ2n) is 7.94. The van der Waals surface area contributed by atoms with Crippen molar-refractivity contribution in [3.63, 3.8) is 0 Å². The molecule has 1 unspecified atom stereocenters. The van der Waals surface area contributed by atoms with Crippen LogP contribution in [0, 0.1) is 0 Å². The molecule has 0 bridgehead atoms. The fourth-order valence-corrected chi connectivity index (χ4v) is 4.10. The van der Waals surface area contributed by atoms with Gasteiger partial charge in [0.25, 0.3) is 11.8 Å². The van der Waals surface area contributed by atoms with Crippen LogP contribution >= 0.6 is 0 Å². The molecule has 1 aromatic carbocycles. The molecule has 4 amide bonds. The minimum Gasteiger partial charge on any atom is -0.486 e. The number of hydrogen-bond acceptors (Lipinski definition) is 7. The quantitative estimate of drug-likeness (QED) is 0.536. The third-order valence-corrected chi connectivity index (χ3v) is 5.73. The maximum Gasteiger partial charge on any atom is 0.327 e. The molecule has 1 aliphatic carbocycles. The standard InChI is InChI=1S/C21H25N3O7/c1-13(18(26)22-14-5-6-15-16(11-14)30-10-9-29-15)31-17(25)12-24-19(27)21(23-20(24)28)7-3-2-4-8-21/h5-6,11,13H,2-4,7-10,12H2,1H3,(H,22,26)(H,23,28). The van der Waals surface area contributed by atoms with Gasteiger partial charge in [-0.1, -0.05) is 19.3 Å². The van der Waals surface area contributed by atoms with Crippen molar-refractivity contribution in [2.75, 3.05) is 25.1 Å². The van der Waals surface area contributed by atoms with Gasteiger partial charge in [0.05, 0.1) is 0 Å². The number of benzene rings is 1. The molecule has 166 valence electrons. The highest BCUT2D eigenvalue weighted by Gasteiger charge is 2.51. The second kappa shape index (κ2) is 8.44. The van der Waals surface area contributed by atoms with E-state index >= 15 is 0 Å². The smallest absolute Gasteiger partial charge is 0.327 e. The molecule has 2 aliphatic heterocycles. The van der Waals surface area contributed by atoms with Crippen LogP contribution < -0.4 is 20.1 Å². The molecule has 10 heteroatoms. The van der Waals surface area contributed by atoms with Gasteiger partial charge in [-0.15, -0.1) is 0 Å². The van der Waals surface area contributed by atoms with E-state index in [9.17, 15) is 19.2 Å². The molecule has 0 aromatic heterocycles. The number of amides is 4. The lowest BCUT2D eigenvalue weighted by atomic mass is 9.82. The van der Waals surface area contributed by atoms with E-state index in [0.717, 1.165) is 24.2 Å². The zero-order valence-corrected chi connectivity index (χ0v) is 17.3. The number of carbonyl (C=O) groups is 4. The molecule has 1 saturated heterocycles. The fourth-order valence-electron chi connectivity index (χ4n) is 4.10. The Hall–Kier alpha value is -3.30. The van der Waals surface area contributed by atoms with Crippen LogP contribution in [0.15, 0.2) is 18.2 Å². The molecule has 31 heavy (non-hydrogen) atoms. The third kappa shape index (κ3) is 4.28. The Morgan fingerprint density at radius 2 is 1.87 bits per heavy atom. The molecular formula is C21H25N3O7. The van der Waals surface area contributed by atoms with Gasteiger partial charge in [0.2, 0.25) is 0 Å². The molecule has 1 atom stereocenters. The van der Waals surface area contributed by atoms with Gasteiger partial charge < -0.3 is 24.8 Å². The van der Waals surface area contributed by atoms with Crippen LogP contribution in [-0.2, 0) is 19.1 Å². The number of nitrogens with one attached hydrogen (secondary N) is 2. The van der Waals surface area contributed by atoms with Crippen LogP contribution in [0.1, 0.15) is 39.0 Å². The van der Waals surface area contributed by atoms with Crippen molar-refractivity contribution in [3.8, 4) is 11.5 Å². The molecule has 4 rings (SSSR count). The predicted octanol–water partition coefficient (Wildman–Crippen LogP) is 1.58. The van der Waals surface area contributed by atoms with E-state index in [2.05, 4.69) is 10.6 Å². The van der Waals surface area contributed by atoms with E-state index in [1.165, 1.54) is 6.92 Å². The fraction of sp³-hybridized carbons (Fsp3) is 0.524. The monoisotopic (exact) mass is 431 g/mol. The normalized spacial score (nSPS) is 20.2. The van der Waals surface area contributed by atoms with Crippen LogP contribution in [0.4, 0.5) is 10.5 Å². The highest BCUT2D eigenvalue weighted by molar-refractivity contribution is 6.08. The Morgan fingerprint density at radius 1 is 1.16 bits per heavy atom. The first-order chi connectivity index (χ1) is 14.9. The third-order valence-electron chi connectivity index (χ3n) is 5.73. The SMILES string of the molecule is CC(OC(=O)CN1C(=O)NC2(CCCCC2)C1=O)C(=O)Nc1ccc2c(c1)OCCO2. The summed E-state index contributed by atoms with van der Waals surface area (Å²) in [5.74, 6) is -0.674. The number of fused-ring (bicyclic) bond motifs is 1.